The van der Waals surface area contributed by atoms with E-state index in [0.717, 1.165) is 36.2 Å². The van der Waals surface area contributed by atoms with E-state index in [0.29, 0.717) is 13.2 Å². The number of ether oxygens (including phenoxy) is 2. The van der Waals surface area contributed by atoms with Gasteiger partial charge in [-0.05, 0) is 40.9 Å². The summed E-state index contributed by atoms with van der Waals surface area (Å²) in [5, 5.41) is 0. The van der Waals surface area contributed by atoms with Gasteiger partial charge < -0.3 is 14.4 Å². The first-order valence-electron chi connectivity index (χ1n) is 6.34. The molecule has 0 bridgehead atoms. The maximum Gasteiger partial charge on any atom is 0.186 e. The molecule has 0 aromatic carbocycles. The van der Waals surface area contributed by atoms with Gasteiger partial charge in [-0.3, -0.25) is 0 Å². The molecule has 1 spiro atoms. The Morgan fingerprint density at radius 1 is 1.39 bits per heavy atom. The van der Waals surface area contributed by atoms with Gasteiger partial charge in [0, 0.05) is 19.2 Å². The summed E-state index contributed by atoms with van der Waals surface area (Å²) in [5.41, 5.74) is 1.20. The first-order valence-corrected chi connectivity index (χ1v) is 7.13. The first-order chi connectivity index (χ1) is 8.70. The van der Waals surface area contributed by atoms with Crippen molar-refractivity contribution in [1.29, 1.82) is 0 Å². The third kappa shape index (κ3) is 2.15. The Labute approximate surface area is 115 Å². The van der Waals surface area contributed by atoms with Gasteiger partial charge in [-0.2, -0.15) is 0 Å². The zero-order valence-corrected chi connectivity index (χ0v) is 12.1. The smallest absolute Gasteiger partial charge is 0.186 e. The van der Waals surface area contributed by atoms with Gasteiger partial charge in [0.15, 0.2) is 5.79 Å². The Morgan fingerprint density at radius 3 is 2.94 bits per heavy atom. The van der Waals surface area contributed by atoms with E-state index in [2.05, 4.69) is 32.7 Å². The van der Waals surface area contributed by atoms with Gasteiger partial charge in [-0.1, -0.05) is 0 Å². The molecular formula is C13H17BrN2O2. The highest BCUT2D eigenvalue weighted by Gasteiger charge is 2.41. The number of aromatic nitrogens is 1. The summed E-state index contributed by atoms with van der Waals surface area (Å²) in [4.78, 5) is 6.74. The average molecular weight is 313 g/mol. The number of rotatable bonds is 1. The van der Waals surface area contributed by atoms with Crippen LogP contribution in [0.25, 0.3) is 0 Å². The molecule has 1 aromatic rings. The van der Waals surface area contributed by atoms with Crippen LogP contribution in [0.5, 0.6) is 0 Å². The molecule has 2 fully saturated rings. The monoisotopic (exact) mass is 312 g/mol. The molecule has 0 radical (unpaired) electrons. The Balaban J connectivity index is 1.85. The highest BCUT2D eigenvalue weighted by molar-refractivity contribution is 9.10. The van der Waals surface area contributed by atoms with Crippen molar-refractivity contribution in [2.75, 3.05) is 31.2 Å². The first kappa shape index (κ1) is 12.4. The fourth-order valence-corrected chi connectivity index (χ4v) is 3.13. The normalized spacial score (nSPS) is 22.7. The molecule has 2 aliphatic rings. The molecule has 0 amide bonds. The molecule has 0 aliphatic carbocycles. The molecule has 4 nitrogen and oxygen atoms in total. The predicted molar refractivity (Wildman–Crippen MR) is 72.8 cm³/mol. The Hall–Kier alpha value is -0.650. The quantitative estimate of drug-likeness (QED) is 0.798. The third-order valence-electron chi connectivity index (χ3n) is 3.59. The van der Waals surface area contributed by atoms with E-state index in [9.17, 15) is 0 Å². The highest BCUT2D eigenvalue weighted by atomic mass is 79.9. The standard InChI is InChI=1S/C13H17BrN2O2/c1-10-3-5-15-12(11(10)14)16-6-2-4-13(9-16)17-7-8-18-13/h3,5H,2,4,6-9H2,1H3. The van der Waals surface area contributed by atoms with Crippen molar-refractivity contribution in [3.63, 3.8) is 0 Å². The number of aryl methyl sites for hydroxylation is 1. The lowest BCUT2D eigenvalue weighted by Crippen LogP contribution is -2.49. The summed E-state index contributed by atoms with van der Waals surface area (Å²) in [7, 11) is 0. The van der Waals surface area contributed by atoms with Crippen molar-refractivity contribution in [3.8, 4) is 0 Å². The van der Waals surface area contributed by atoms with Crippen molar-refractivity contribution in [3.05, 3.63) is 22.3 Å². The summed E-state index contributed by atoms with van der Waals surface area (Å²) in [6, 6.07) is 2.01. The molecular weight excluding hydrogens is 296 g/mol. The van der Waals surface area contributed by atoms with E-state index >= 15 is 0 Å². The van der Waals surface area contributed by atoms with Gasteiger partial charge in [0.2, 0.25) is 0 Å². The maximum atomic E-state index is 5.80. The van der Waals surface area contributed by atoms with E-state index in [4.69, 9.17) is 9.47 Å². The summed E-state index contributed by atoms with van der Waals surface area (Å²) < 4.78 is 12.7. The van der Waals surface area contributed by atoms with Gasteiger partial charge in [0.1, 0.15) is 5.82 Å². The Kier molecular flexibility index (Phi) is 3.30. The van der Waals surface area contributed by atoms with Gasteiger partial charge in [0.05, 0.1) is 24.2 Å². The second-order valence-corrected chi connectivity index (χ2v) is 5.69. The molecule has 98 valence electrons. The Bertz CT molecular complexity index is 447. The van der Waals surface area contributed by atoms with Crippen LogP contribution in [0.2, 0.25) is 0 Å². The van der Waals surface area contributed by atoms with Crippen LogP contribution in [0.3, 0.4) is 0 Å². The number of hydrogen-bond acceptors (Lipinski definition) is 4. The van der Waals surface area contributed by atoms with E-state index in [1.807, 2.05) is 12.3 Å². The molecule has 1 aromatic heterocycles. The molecule has 0 unspecified atom stereocenters. The lowest BCUT2D eigenvalue weighted by Gasteiger charge is -2.39. The van der Waals surface area contributed by atoms with Crippen LogP contribution in [0, 0.1) is 6.92 Å². The minimum atomic E-state index is -0.400. The van der Waals surface area contributed by atoms with Crippen LogP contribution in [0.15, 0.2) is 16.7 Å². The van der Waals surface area contributed by atoms with Crippen LogP contribution in [-0.4, -0.2) is 37.1 Å². The lowest BCUT2D eigenvalue weighted by atomic mass is 10.0. The van der Waals surface area contributed by atoms with Crippen molar-refractivity contribution >= 4 is 21.7 Å². The molecule has 2 aliphatic heterocycles. The number of anilines is 1. The number of piperidine rings is 1. The van der Waals surface area contributed by atoms with E-state index < -0.39 is 5.79 Å². The largest absolute Gasteiger partial charge is 0.350 e. The summed E-state index contributed by atoms with van der Waals surface area (Å²) in [6.45, 7) is 5.26. The van der Waals surface area contributed by atoms with Crippen molar-refractivity contribution in [2.24, 2.45) is 0 Å². The average Bonchev–Trinajstić information content (AvgIpc) is 2.81. The fraction of sp³-hybridized carbons (Fsp3) is 0.615. The predicted octanol–water partition coefficient (Wildman–Crippen LogP) is 2.50. The molecule has 18 heavy (non-hydrogen) atoms. The number of hydrogen-bond donors (Lipinski definition) is 0. The zero-order chi connectivity index (χ0) is 12.6. The minimum Gasteiger partial charge on any atom is -0.350 e. The summed E-state index contributed by atoms with van der Waals surface area (Å²) in [5.74, 6) is 0.594. The molecule has 0 atom stereocenters. The molecule has 0 saturated carbocycles. The number of pyridine rings is 1. The fourth-order valence-electron chi connectivity index (χ4n) is 2.65. The minimum absolute atomic E-state index is 0.400. The van der Waals surface area contributed by atoms with E-state index in [1.165, 1.54) is 5.56 Å². The zero-order valence-electron chi connectivity index (χ0n) is 10.5. The Morgan fingerprint density at radius 2 is 2.17 bits per heavy atom. The van der Waals surface area contributed by atoms with Gasteiger partial charge in [0.25, 0.3) is 0 Å². The summed E-state index contributed by atoms with van der Waals surface area (Å²) >= 11 is 3.63. The van der Waals surface area contributed by atoms with E-state index in [1.54, 1.807) is 0 Å². The van der Waals surface area contributed by atoms with Gasteiger partial charge in [-0.25, -0.2) is 4.98 Å². The molecule has 2 saturated heterocycles. The van der Waals surface area contributed by atoms with Crippen molar-refractivity contribution in [1.82, 2.24) is 4.98 Å². The van der Waals surface area contributed by atoms with Crippen molar-refractivity contribution < 1.29 is 9.47 Å². The SMILES string of the molecule is Cc1ccnc(N2CCCC3(C2)OCCO3)c1Br. The van der Waals surface area contributed by atoms with Crippen LogP contribution in [0.1, 0.15) is 18.4 Å². The van der Waals surface area contributed by atoms with Crippen molar-refractivity contribution in [2.45, 2.75) is 25.6 Å². The van der Waals surface area contributed by atoms with Crippen LogP contribution >= 0.6 is 15.9 Å². The summed E-state index contributed by atoms with van der Waals surface area (Å²) in [6.07, 6.45) is 3.90. The molecule has 3 heterocycles. The molecule has 5 heteroatoms. The van der Waals surface area contributed by atoms with Crippen LogP contribution in [0.4, 0.5) is 5.82 Å². The van der Waals surface area contributed by atoms with Gasteiger partial charge in [-0.15, -0.1) is 0 Å². The van der Waals surface area contributed by atoms with E-state index in [-0.39, 0.29) is 0 Å². The second kappa shape index (κ2) is 4.79. The maximum absolute atomic E-state index is 5.80. The lowest BCUT2D eigenvalue weighted by molar-refractivity contribution is -0.161. The third-order valence-corrected chi connectivity index (χ3v) is 4.57. The highest BCUT2D eigenvalue weighted by Crippen LogP contribution is 2.35. The van der Waals surface area contributed by atoms with Crippen LogP contribution < -0.4 is 4.90 Å². The second-order valence-electron chi connectivity index (χ2n) is 4.90. The van der Waals surface area contributed by atoms with Crippen LogP contribution in [-0.2, 0) is 9.47 Å². The number of halogens is 1. The van der Waals surface area contributed by atoms with Gasteiger partial charge >= 0.3 is 0 Å². The number of nitrogens with zero attached hydrogens (tertiary/aromatic N) is 2. The molecule has 3 rings (SSSR count). The molecule has 0 N–H and O–H groups in total. The topological polar surface area (TPSA) is 34.6 Å².